The van der Waals surface area contributed by atoms with Crippen molar-refractivity contribution in [1.29, 1.82) is 0 Å². The van der Waals surface area contributed by atoms with Gasteiger partial charge in [-0.3, -0.25) is 14.4 Å². The lowest BCUT2D eigenvalue weighted by Gasteiger charge is -2.17. The fourth-order valence-corrected chi connectivity index (χ4v) is 4.52. The maximum absolute atomic E-state index is 13.4. The Hall–Kier alpha value is -3.00. The molecular weight excluding hydrogens is 425 g/mol. The quantitative estimate of drug-likeness (QED) is 0.641. The maximum Gasteiger partial charge on any atom is 0.256 e. The molecule has 1 saturated carbocycles. The summed E-state index contributed by atoms with van der Waals surface area (Å²) >= 11 is 0. The second kappa shape index (κ2) is 10.7. The van der Waals surface area contributed by atoms with E-state index < -0.39 is 17.2 Å². The zero-order valence-electron chi connectivity index (χ0n) is 18.6. The van der Waals surface area contributed by atoms with Gasteiger partial charge in [0.25, 0.3) is 11.8 Å². The van der Waals surface area contributed by atoms with Gasteiger partial charge < -0.3 is 19.9 Å². The second-order valence-corrected chi connectivity index (χ2v) is 8.84. The average molecular weight is 456 g/mol. The molecule has 7 nitrogen and oxygen atoms in total. The minimum Gasteiger partial charge on any atom is -0.376 e. The summed E-state index contributed by atoms with van der Waals surface area (Å²) in [5.74, 6) is -1.33. The Bertz CT molecular complexity index is 1060. The standard InChI is InChI=1S/C25H30FN3O4/c26-18-6-3-5-17(13-18)10-11-27-24(31)21-15-29(14-20-9-4-12-33-20)16-22(23(21)30)25(32)28-19-7-1-2-8-19/h3,5-6,13,15-16,19-20H,1-2,4,7-12,14H2,(H,27,31)(H,28,32)/t20-/m1/s1. The molecule has 2 N–H and O–H groups in total. The van der Waals surface area contributed by atoms with Crippen LogP contribution in [0.25, 0.3) is 0 Å². The molecule has 1 atom stereocenters. The molecule has 1 aromatic carbocycles. The molecule has 33 heavy (non-hydrogen) atoms. The lowest BCUT2D eigenvalue weighted by atomic mass is 10.1. The van der Waals surface area contributed by atoms with Crippen molar-refractivity contribution in [3.8, 4) is 0 Å². The van der Waals surface area contributed by atoms with Crippen LogP contribution in [0.2, 0.25) is 0 Å². The van der Waals surface area contributed by atoms with Crippen LogP contribution in [0.5, 0.6) is 0 Å². The van der Waals surface area contributed by atoms with E-state index in [2.05, 4.69) is 10.6 Å². The number of rotatable bonds is 8. The number of carbonyl (C=O) groups excluding carboxylic acids is 2. The van der Waals surface area contributed by atoms with Crippen LogP contribution in [-0.2, 0) is 17.7 Å². The zero-order valence-corrected chi connectivity index (χ0v) is 18.6. The first-order chi connectivity index (χ1) is 16.0. The van der Waals surface area contributed by atoms with Crippen molar-refractivity contribution in [3.05, 3.63) is 69.4 Å². The van der Waals surface area contributed by atoms with Gasteiger partial charge in [0.2, 0.25) is 5.43 Å². The number of nitrogens with zero attached hydrogens (tertiary/aromatic N) is 1. The van der Waals surface area contributed by atoms with Crippen molar-refractivity contribution in [2.45, 2.75) is 63.6 Å². The molecule has 0 unspecified atom stereocenters. The normalized spacial score (nSPS) is 18.4. The number of aromatic nitrogens is 1. The van der Waals surface area contributed by atoms with Gasteiger partial charge in [0.15, 0.2) is 0 Å². The van der Waals surface area contributed by atoms with Gasteiger partial charge in [-0.15, -0.1) is 0 Å². The molecule has 0 bridgehead atoms. The fraction of sp³-hybridized carbons (Fsp3) is 0.480. The highest BCUT2D eigenvalue weighted by Crippen LogP contribution is 2.18. The highest BCUT2D eigenvalue weighted by molar-refractivity contribution is 5.99. The summed E-state index contributed by atoms with van der Waals surface area (Å²) in [6, 6.07) is 6.22. The molecule has 0 radical (unpaired) electrons. The number of hydrogen-bond donors (Lipinski definition) is 2. The topological polar surface area (TPSA) is 89.4 Å². The van der Waals surface area contributed by atoms with Crippen LogP contribution in [0.1, 0.15) is 64.8 Å². The number of hydrogen-bond acceptors (Lipinski definition) is 4. The smallest absolute Gasteiger partial charge is 0.256 e. The number of carbonyl (C=O) groups is 2. The molecule has 8 heteroatoms. The predicted molar refractivity (Wildman–Crippen MR) is 122 cm³/mol. The lowest BCUT2D eigenvalue weighted by molar-refractivity contribution is 0.0919. The first-order valence-electron chi connectivity index (χ1n) is 11.7. The van der Waals surface area contributed by atoms with Gasteiger partial charge in [-0.25, -0.2) is 4.39 Å². The Morgan fingerprint density at radius 2 is 1.82 bits per heavy atom. The minimum atomic E-state index is -0.586. The summed E-state index contributed by atoms with van der Waals surface area (Å²) in [7, 11) is 0. The second-order valence-electron chi connectivity index (χ2n) is 8.84. The molecule has 0 spiro atoms. The number of ether oxygens (including phenoxy) is 1. The number of nitrogens with one attached hydrogen (secondary N) is 2. The van der Waals surface area contributed by atoms with Crippen LogP contribution in [0, 0.1) is 5.82 Å². The lowest BCUT2D eigenvalue weighted by Crippen LogP contribution is -2.39. The molecule has 2 heterocycles. The van der Waals surface area contributed by atoms with E-state index in [4.69, 9.17) is 4.74 Å². The third-order valence-corrected chi connectivity index (χ3v) is 6.29. The van der Waals surface area contributed by atoms with Crippen LogP contribution in [0.15, 0.2) is 41.5 Å². The summed E-state index contributed by atoms with van der Waals surface area (Å²) in [6.07, 6.45) is 9.21. The van der Waals surface area contributed by atoms with Gasteiger partial charge in [0, 0.05) is 38.1 Å². The van der Waals surface area contributed by atoms with Crippen LogP contribution < -0.4 is 16.1 Å². The summed E-state index contributed by atoms with van der Waals surface area (Å²) in [6.45, 7) is 1.40. The van der Waals surface area contributed by atoms with Crippen LogP contribution >= 0.6 is 0 Å². The van der Waals surface area contributed by atoms with Gasteiger partial charge in [-0.1, -0.05) is 25.0 Å². The number of halogens is 1. The van der Waals surface area contributed by atoms with E-state index in [-0.39, 0.29) is 35.6 Å². The Morgan fingerprint density at radius 3 is 2.52 bits per heavy atom. The van der Waals surface area contributed by atoms with Crippen molar-refractivity contribution in [1.82, 2.24) is 15.2 Å². The largest absolute Gasteiger partial charge is 0.376 e. The van der Waals surface area contributed by atoms with E-state index in [1.54, 1.807) is 16.7 Å². The van der Waals surface area contributed by atoms with Crippen LogP contribution in [0.3, 0.4) is 0 Å². The summed E-state index contributed by atoms with van der Waals surface area (Å²) in [4.78, 5) is 38.8. The molecule has 176 valence electrons. The first-order valence-corrected chi connectivity index (χ1v) is 11.7. The van der Waals surface area contributed by atoms with Crippen molar-refractivity contribution < 1.29 is 18.7 Å². The Kier molecular flexibility index (Phi) is 7.54. The van der Waals surface area contributed by atoms with Crippen LogP contribution in [0.4, 0.5) is 4.39 Å². The van der Waals surface area contributed by atoms with Crippen molar-refractivity contribution in [3.63, 3.8) is 0 Å². The van der Waals surface area contributed by atoms with E-state index in [0.717, 1.165) is 44.1 Å². The molecule has 4 rings (SSSR count). The molecule has 2 fully saturated rings. The van der Waals surface area contributed by atoms with Gasteiger partial charge in [0.05, 0.1) is 6.10 Å². The molecule has 1 aliphatic heterocycles. The van der Waals surface area contributed by atoms with Gasteiger partial charge >= 0.3 is 0 Å². The van der Waals surface area contributed by atoms with Crippen molar-refractivity contribution in [2.24, 2.45) is 0 Å². The monoisotopic (exact) mass is 455 g/mol. The number of benzene rings is 1. The van der Waals surface area contributed by atoms with E-state index >= 15 is 0 Å². The molecule has 1 saturated heterocycles. The fourth-order valence-electron chi connectivity index (χ4n) is 4.52. The van der Waals surface area contributed by atoms with E-state index in [0.29, 0.717) is 19.6 Å². The third-order valence-electron chi connectivity index (χ3n) is 6.29. The van der Waals surface area contributed by atoms with E-state index in [1.807, 2.05) is 0 Å². The zero-order chi connectivity index (χ0) is 23.2. The Balaban J connectivity index is 1.51. The maximum atomic E-state index is 13.4. The molecule has 2 aliphatic rings. The average Bonchev–Trinajstić information content (AvgIpc) is 3.49. The summed E-state index contributed by atoms with van der Waals surface area (Å²) < 4.78 is 20.8. The summed E-state index contributed by atoms with van der Waals surface area (Å²) in [5, 5.41) is 5.67. The van der Waals surface area contributed by atoms with Gasteiger partial charge in [-0.05, 0) is 49.8 Å². The molecule has 1 aliphatic carbocycles. The molecular formula is C25H30FN3O4. The van der Waals surface area contributed by atoms with Crippen molar-refractivity contribution in [2.75, 3.05) is 13.2 Å². The van der Waals surface area contributed by atoms with E-state index in [9.17, 15) is 18.8 Å². The van der Waals surface area contributed by atoms with Crippen molar-refractivity contribution >= 4 is 11.8 Å². The Labute approximate surface area is 192 Å². The minimum absolute atomic E-state index is 0.0119. The molecule has 1 aromatic heterocycles. The summed E-state index contributed by atoms with van der Waals surface area (Å²) in [5.41, 5.74) is 0.0529. The van der Waals surface area contributed by atoms with Crippen LogP contribution in [-0.4, -0.2) is 41.7 Å². The van der Waals surface area contributed by atoms with Gasteiger partial charge in [-0.2, -0.15) is 0 Å². The molecule has 2 aromatic rings. The highest BCUT2D eigenvalue weighted by atomic mass is 19.1. The first kappa shape index (κ1) is 23.2. The van der Waals surface area contributed by atoms with E-state index in [1.165, 1.54) is 24.5 Å². The SMILES string of the molecule is O=C(NCCc1cccc(F)c1)c1cn(C[C@H]2CCCO2)cc(C(=O)NC2CCCC2)c1=O. The Morgan fingerprint density at radius 1 is 1.06 bits per heavy atom. The molecule has 2 amide bonds. The highest BCUT2D eigenvalue weighted by Gasteiger charge is 2.24. The number of amides is 2. The third kappa shape index (κ3) is 6.07. The van der Waals surface area contributed by atoms with Gasteiger partial charge in [0.1, 0.15) is 16.9 Å². The number of pyridine rings is 1. The predicted octanol–water partition coefficient (Wildman–Crippen LogP) is 2.81.